The van der Waals surface area contributed by atoms with Gasteiger partial charge in [0.05, 0.1) is 15.2 Å². The average Bonchev–Trinajstić information content (AvgIpc) is 3.02. The van der Waals surface area contributed by atoms with Crippen LogP contribution in [0.4, 0.5) is 0 Å². The zero-order valence-electron chi connectivity index (χ0n) is 16.2. The van der Waals surface area contributed by atoms with E-state index in [1.165, 1.54) is 41.2 Å². The maximum Gasteiger partial charge on any atom is 1.00 e. The third-order valence-corrected chi connectivity index (χ3v) is 5.07. The van der Waals surface area contributed by atoms with Gasteiger partial charge in [0.15, 0.2) is 0 Å². The van der Waals surface area contributed by atoms with Crippen molar-refractivity contribution in [3.63, 3.8) is 0 Å². The molecule has 2 nitrogen and oxygen atoms in total. The Morgan fingerprint density at radius 2 is 1.79 bits per heavy atom. The van der Waals surface area contributed by atoms with Crippen molar-refractivity contribution in [3.05, 3.63) is 43.1 Å². The van der Waals surface area contributed by atoms with Crippen LogP contribution in [0.3, 0.4) is 0 Å². The van der Waals surface area contributed by atoms with E-state index in [2.05, 4.69) is 50.1 Å². The fraction of sp³-hybridized carbons (Fsp3) is 0.550. The molecular formula is C20H32N2RbS-. The number of benzene rings is 1. The molecule has 0 aliphatic carbocycles. The third kappa shape index (κ3) is 8.51. The van der Waals surface area contributed by atoms with E-state index in [0.29, 0.717) is 11.8 Å². The Hall–Kier alpha value is 0.875. The minimum atomic E-state index is 0. The molecule has 1 aromatic carbocycles. The van der Waals surface area contributed by atoms with Crippen LogP contribution in [0.15, 0.2) is 24.3 Å². The van der Waals surface area contributed by atoms with Gasteiger partial charge in [0, 0.05) is 5.92 Å². The SMILES string of the molecule is CC.CN1CCC(c2nc3ccccc3s2)CC1.[CH2-]CC([CH2-])C.[Rb+]. The number of thiazole rings is 1. The summed E-state index contributed by atoms with van der Waals surface area (Å²) < 4.78 is 1.33. The number of aromatic nitrogens is 1. The number of likely N-dealkylation sites (tertiary alicyclic amines) is 1. The predicted octanol–water partition coefficient (Wildman–Crippen LogP) is 2.82. The molecule has 0 saturated carbocycles. The molecule has 2 aromatic rings. The van der Waals surface area contributed by atoms with Crippen molar-refractivity contribution >= 4 is 21.6 Å². The van der Waals surface area contributed by atoms with Gasteiger partial charge < -0.3 is 18.7 Å². The van der Waals surface area contributed by atoms with Crippen molar-refractivity contribution in [2.75, 3.05) is 20.1 Å². The monoisotopic (exact) mass is 417 g/mol. The Labute approximate surface area is 202 Å². The number of para-hydroxylation sites is 1. The average molecular weight is 418 g/mol. The molecule has 0 N–H and O–H groups in total. The zero-order valence-corrected chi connectivity index (χ0v) is 21.9. The molecule has 1 aliphatic rings. The summed E-state index contributed by atoms with van der Waals surface area (Å²) in [6.45, 7) is 15.8. The summed E-state index contributed by atoms with van der Waals surface area (Å²) in [5.41, 5.74) is 1.17. The smallest absolute Gasteiger partial charge is 0.345 e. The number of nitrogens with zero attached hydrogens (tertiary/aromatic N) is 2. The van der Waals surface area contributed by atoms with Crippen LogP contribution in [-0.4, -0.2) is 30.0 Å². The zero-order chi connectivity index (χ0) is 17.2. The standard InChI is InChI=1S/C13H16N2S.C5H10.C2H6.Rb/c1-15-8-6-10(7-9-15)13-14-11-4-2-3-5-12(11)16-13;1-4-5(2)3;1-2;/h2-5,10H,6-9H2,1H3;5H,1-2,4H2,3H3;1-2H3;/q;-2;;+1. The summed E-state index contributed by atoms with van der Waals surface area (Å²) in [7, 11) is 2.20. The first-order valence-electron chi connectivity index (χ1n) is 8.76. The van der Waals surface area contributed by atoms with Crippen molar-refractivity contribution in [1.29, 1.82) is 0 Å². The van der Waals surface area contributed by atoms with Crippen LogP contribution >= 0.6 is 11.3 Å². The summed E-state index contributed by atoms with van der Waals surface area (Å²) in [4.78, 5) is 7.17. The molecular weight excluding hydrogens is 386 g/mol. The fourth-order valence-electron chi connectivity index (χ4n) is 2.32. The van der Waals surface area contributed by atoms with Crippen molar-refractivity contribution in [3.8, 4) is 0 Å². The van der Waals surface area contributed by atoms with Gasteiger partial charge in [0.25, 0.3) is 0 Å². The van der Waals surface area contributed by atoms with Crippen LogP contribution in [0.25, 0.3) is 10.2 Å². The number of hydrogen-bond donors (Lipinski definition) is 0. The van der Waals surface area contributed by atoms with Crippen LogP contribution in [0.5, 0.6) is 0 Å². The first-order chi connectivity index (χ1) is 11.1. The van der Waals surface area contributed by atoms with Crippen LogP contribution in [-0.2, 0) is 0 Å². The van der Waals surface area contributed by atoms with E-state index in [9.17, 15) is 0 Å². The molecule has 1 aliphatic heterocycles. The fourth-order valence-corrected chi connectivity index (χ4v) is 3.46. The minimum absolute atomic E-state index is 0. The van der Waals surface area contributed by atoms with Crippen LogP contribution in [0.1, 0.15) is 51.0 Å². The van der Waals surface area contributed by atoms with Crippen LogP contribution in [0, 0.1) is 19.8 Å². The Morgan fingerprint density at radius 3 is 2.29 bits per heavy atom. The quantitative estimate of drug-likeness (QED) is 0.698. The van der Waals surface area contributed by atoms with E-state index in [0.717, 1.165) is 6.42 Å². The molecule has 130 valence electrons. The Morgan fingerprint density at radius 1 is 1.25 bits per heavy atom. The van der Waals surface area contributed by atoms with Crippen LogP contribution in [0.2, 0.25) is 0 Å². The molecule has 2 heterocycles. The van der Waals surface area contributed by atoms with E-state index in [1.807, 2.05) is 32.1 Å². The summed E-state index contributed by atoms with van der Waals surface area (Å²) >= 11 is 1.88. The largest absolute Gasteiger partial charge is 1.00 e. The van der Waals surface area contributed by atoms with Gasteiger partial charge in [-0.05, 0) is 45.1 Å². The summed E-state index contributed by atoms with van der Waals surface area (Å²) in [5, 5.41) is 1.34. The van der Waals surface area contributed by atoms with Crippen molar-refractivity contribution in [1.82, 2.24) is 9.88 Å². The normalized spacial score (nSPS) is 16.2. The number of hydrogen-bond acceptors (Lipinski definition) is 3. The maximum atomic E-state index is 4.76. The molecule has 1 fully saturated rings. The number of fused-ring (bicyclic) bond motifs is 1. The van der Waals surface area contributed by atoms with E-state index in [-0.39, 0.29) is 58.2 Å². The molecule has 0 amide bonds. The first kappa shape index (κ1) is 24.9. The van der Waals surface area contributed by atoms with E-state index >= 15 is 0 Å². The van der Waals surface area contributed by atoms with Gasteiger partial charge in [0.1, 0.15) is 0 Å². The van der Waals surface area contributed by atoms with Crippen molar-refractivity contribution in [2.24, 2.45) is 5.92 Å². The van der Waals surface area contributed by atoms with Gasteiger partial charge in [-0.3, -0.25) is 0 Å². The molecule has 1 saturated heterocycles. The second-order valence-electron chi connectivity index (χ2n) is 5.99. The van der Waals surface area contributed by atoms with Crippen LogP contribution < -0.4 is 58.2 Å². The molecule has 0 radical (unpaired) electrons. The van der Waals surface area contributed by atoms with Gasteiger partial charge in [-0.25, -0.2) is 17.3 Å². The predicted molar refractivity (Wildman–Crippen MR) is 105 cm³/mol. The molecule has 0 spiro atoms. The molecule has 0 bridgehead atoms. The second kappa shape index (κ2) is 14.0. The summed E-state index contributed by atoms with van der Waals surface area (Å²) in [6, 6.07) is 8.45. The Bertz CT molecular complexity index is 512. The van der Waals surface area contributed by atoms with Gasteiger partial charge in [-0.2, -0.15) is 0 Å². The van der Waals surface area contributed by atoms with E-state index in [4.69, 9.17) is 4.98 Å². The number of piperidine rings is 1. The van der Waals surface area contributed by atoms with Crippen molar-refractivity contribution in [2.45, 2.75) is 46.0 Å². The van der Waals surface area contributed by atoms with Gasteiger partial charge in [0.2, 0.25) is 0 Å². The minimum Gasteiger partial charge on any atom is -0.345 e. The van der Waals surface area contributed by atoms with Gasteiger partial charge in [-0.15, -0.1) is 11.3 Å². The summed E-state index contributed by atoms with van der Waals surface area (Å²) in [5.74, 6) is 1.21. The topological polar surface area (TPSA) is 16.1 Å². The molecule has 1 atom stereocenters. The Kier molecular flexibility index (Phi) is 14.5. The van der Waals surface area contributed by atoms with Gasteiger partial charge >= 0.3 is 58.2 Å². The van der Waals surface area contributed by atoms with E-state index < -0.39 is 0 Å². The maximum absolute atomic E-state index is 4.76. The summed E-state index contributed by atoms with van der Waals surface area (Å²) in [6.07, 6.45) is 3.46. The molecule has 24 heavy (non-hydrogen) atoms. The van der Waals surface area contributed by atoms with Crippen molar-refractivity contribution < 1.29 is 58.2 Å². The molecule has 1 unspecified atom stereocenters. The Balaban J connectivity index is 0.000000576. The molecule has 1 aromatic heterocycles. The molecule has 3 rings (SSSR count). The van der Waals surface area contributed by atoms with E-state index in [1.54, 1.807) is 0 Å². The second-order valence-corrected chi connectivity index (χ2v) is 7.05. The third-order valence-electron chi connectivity index (χ3n) is 3.87. The molecule has 4 heteroatoms. The first-order valence-corrected chi connectivity index (χ1v) is 9.58. The van der Waals surface area contributed by atoms with Gasteiger partial charge in [-0.1, -0.05) is 32.9 Å². The number of rotatable bonds is 2.